The van der Waals surface area contributed by atoms with Crippen LogP contribution in [0.15, 0.2) is 24.4 Å². The van der Waals surface area contributed by atoms with Crippen LogP contribution in [0, 0.1) is 13.8 Å². The molecule has 0 radical (unpaired) electrons. The van der Waals surface area contributed by atoms with E-state index in [9.17, 15) is 0 Å². The van der Waals surface area contributed by atoms with Crippen LogP contribution in [0.4, 0.5) is 11.8 Å². The van der Waals surface area contributed by atoms with Gasteiger partial charge in [-0.25, -0.2) is 4.98 Å². The zero-order valence-electron chi connectivity index (χ0n) is 16.2. The molecule has 0 bridgehead atoms. The Morgan fingerprint density at radius 1 is 1.19 bits per heavy atom. The molecule has 1 saturated heterocycles. The second kappa shape index (κ2) is 7.97. The fraction of sp³-hybridized carbons (Fsp3) is 0.526. The van der Waals surface area contributed by atoms with Crippen molar-refractivity contribution in [1.82, 2.24) is 20.3 Å². The quantitative estimate of drug-likeness (QED) is 0.821. The minimum Gasteiger partial charge on any atom is -0.378 e. The van der Waals surface area contributed by atoms with E-state index in [1.54, 1.807) is 13.3 Å². The number of rotatable bonds is 6. The number of hydrogen-bond acceptors (Lipinski definition) is 7. The molecule has 140 valence electrons. The lowest BCUT2D eigenvalue weighted by Crippen LogP contribution is -2.41. The van der Waals surface area contributed by atoms with Crippen LogP contribution < -0.4 is 15.5 Å². The fourth-order valence-electron chi connectivity index (χ4n) is 3.57. The van der Waals surface area contributed by atoms with Crippen LogP contribution in [-0.2, 0) is 4.74 Å². The first kappa shape index (κ1) is 18.5. The number of aryl methyl sites for hydroxylation is 2. The molecule has 3 atom stereocenters. The summed E-state index contributed by atoms with van der Waals surface area (Å²) in [6.07, 6.45) is 1.88. The van der Waals surface area contributed by atoms with Gasteiger partial charge in [-0.1, -0.05) is 6.07 Å². The monoisotopic (exact) mass is 356 g/mol. The maximum absolute atomic E-state index is 5.74. The Morgan fingerprint density at radius 2 is 2.00 bits per heavy atom. The van der Waals surface area contributed by atoms with Crippen molar-refractivity contribution in [3.8, 4) is 0 Å². The molecular weight excluding hydrogens is 328 g/mol. The zero-order chi connectivity index (χ0) is 18.7. The summed E-state index contributed by atoms with van der Waals surface area (Å²) >= 11 is 0. The summed E-state index contributed by atoms with van der Waals surface area (Å²) in [7, 11) is 3.59. The van der Waals surface area contributed by atoms with Crippen LogP contribution in [0.25, 0.3) is 0 Å². The molecule has 7 heteroatoms. The van der Waals surface area contributed by atoms with Crippen molar-refractivity contribution in [3.05, 3.63) is 41.3 Å². The molecule has 2 aromatic rings. The van der Waals surface area contributed by atoms with Gasteiger partial charge < -0.3 is 20.3 Å². The molecule has 1 aliphatic heterocycles. The van der Waals surface area contributed by atoms with Gasteiger partial charge in [0.05, 0.1) is 12.1 Å². The minimum atomic E-state index is 0.101. The summed E-state index contributed by atoms with van der Waals surface area (Å²) in [4.78, 5) is 15.6. The molecule has 0 aromatic carbocycles. The first-order valence-corrected chi connectivity index (χ1v) is 9.00. The molecule has 26 heavy (non-hydrogen) atoms. The van der Waals surface area contributed by atoms with Crippen LogP contribution in [0.5, 0.6) is 0 Å². The van der Waals surface area contributed by atoms with Crippen molar-refractivity contribution in [2.24, 2.45) is 0 Å². The largest absolute Gasteiger partial charge is 0.378 e. The SMILES string of the molecule is CNc1nccc(N2C[C@H](OC)[C@H](NC(C)c3ccc(C)nc3C)C2)n1. The molecule has 7 nitrogen and oxygen atoms in total. The van der Waals surface area contributed by atoms with Crippen molar-refractivity contribution >= 4 is 11.8 Å². The van der Waals surface area contributed by atoms with Crippen molar-refractivity contribution in [3.63, 3.8) is 0 Å². The average Bonchev–Trinajstić information content (AvgIpc) is 3.04. The average molecular weight is 356 g/mol. The van der Waals surface area contributed by atoms with Crippen LogP contribution in [0.3, 0.4) is 0 Å². The van der Waals surface area contributed by atoms with E-state index in [4.69, 9.17) is 4.74 Å². The number of hydrogen-bond donors (Lipinski definition) is 2. The Labute approximate surface area is 155 Å². The summed E-state index contributed by atoms with van der Waals surface area (Å²) in [6, 6.07) is 6.57. The predicted molar refractivity (Wildman–Crippen MR) is 104 cm³/mol. The first-order chi connectivity index (χ1) is 12.5. The van der Waals surface area contributed by atoms with Gasteiger partial charge in [-0.05, 0) is 38.5 Å². The van der Waals surface area contributed by atoms with E-state index >= 15 is 0 Å². The third kappa shape index (κ3) is 3.94. The highest BCUT2D eigenvalue weighted by molar-refractivity contribution is 5.44. The van der Waals surface area contributed by atoms with Crippen LogP contribution in [0.1, 0.15) is 29.9 Å². The number of aromatic nitrogens is 3. The summed E-state index contributed by atoms with van der Waals surface area (Å²) < 4.78 is 5.74. The number of anilines is 2. The van der Waals surface area contributed by atoms with E-state index in [0.29, 0.717) is 5.95 Å². The molecule has 3 heterocycles. The third-order valence-corrected chi connectivity index (χ3v) is 4.95. The van der Waals surface area contributed by atoms with E-state index < -0.39 is 0 Å². The van der Waals surface area contributed by atoms with Crippen molar-refractivity contribution in [1.29, 1.82) is 0 Å². The zero-order valence-corrected chi connectivity index (χ0v) is 16.2. The first-order valence-electron chi connectivity index (χ1n) is 9.00. The lowest BCUT2D eigenvalue weighted by molar-refractivity contribution is 0.0938. The van der Waals surface area contributed by atoms with Gasteiger partial charge in [0.25, 0.3) is 0 Å². The Balaban J connectivity index is 1.72. The Hall–Kier alpha value is -2.25. The van der Waals surface area contributed by atoms with Crippen LogP contribution in [0.2, 0.25) is 0 Å². The highest BCUT2D eigenvalue weighted by Crippen LogP contribution is 2.24. The summed E-state index contributed by atoms with van der Waals surface area (Å²) in [5, 5.41) is 6.71. The smallest absolute Gasteiger partial charge is 0.224 e. The molecule has 1 aliphatic rings. The standard InChI is InChI=1S/C19H28N6O/c1-12-6-7-15(13(2)22-12)14(3)23-16-10-25(11-17(16)26-5)18-8-9-21-19(20-4)24-18/h6-9,14,16-17,23H,10-11H2,1-5H3,(H,20,21,24)/t14?,16-,17+/m1/s1. The van der Waals surface area contributed by atoms with Gasteiger partial charge in [0.2, 0.25) is 5.95 Å². The van der Waals surface area contributed by atoms with E-state index in [-0.39, 0.29) is 18.2 Å². The molecule has 1 unspecified atom stereocenters. The molecule has 0 saturated carbocycles. The van der Waals surface area contributed by atoms with Crippen LogP contribution >= 0.6 is 0 Å². The second-order valence-electron chi connectivity index (χ2n) is 6.79. The maximum Gasteiger partial charge on any atom is 0.224 e. The van der Waals surface area contributed by atoms with Gasteiger partial charge in [0, 0.05) is 50.9 Å². The number of ether oxygens (including phenoxy) is 1. The van der Waals surface area contributed by atoms with Gasteiger partial charge in [0.15, 0.2) is 0 Å². The van der Waals surface area contributed by atoms with Gasteiger partial charge >= 0.3 is 0 Å². The normalized spacial score (nSPS) is 21.0. The highest BCUT2D eigenvalue weighted by atomic mass is 16.5. The summed E-state index contributed by atoms with van der Waals surface area (Å²) in [5.74, 6) is 1.54. The van der Waals surface area contributed by atoms with Crippen molar-refractivity contribution in [2.45, 2.75) is 39.0 Å². The van der Waals surface area contributed by atoms with Crippen molar-refractivity contribution < 1.29 is 4.74 Å². The van der Waals surface area contributed by atoms with Gasteiger partial charge in [0.1, 0.15) is 5.82 Å². The van der Waals surface area contributed by atoms with Gasteiger partial charge in [-0.2, -0.15) is 4.98 Å². The van der Waals surface area contributed by atoms with E-state index in [0.717, 1.165) is 30.3 Å². The fourth-order valence-corrected chi connectivity index (χ4v) is 3.57. The molecule has 1 fully saturated rings. The Kier molecular flexibility index (Phi) is 5.68. The number of pyridine rings is 1. The molecule has 0 spiro atoms. The Bertz CT molecular complexity index is 753. The lowest BCUT2D eigenvalue weighted by atomic mass is 10.0. The second-order valence-corrected chi connectivity index (χ2v) is 6.79. The summed E-state index contributed by atoms with van der Waals surface area (Å²) in [5.41, 5.74) is 3.34. The topological polar surface area (TPSA) is 75.2 Å². The maximum atomic E-state index is 5.74. The molecule has 2 aromatic heterocycles. The van der Waals surface area contributed by atoms with E-state index in [1.807, 2.05) is 20.0 Å². The van der Waals surface area contributed by atoms with E-state index in [1.165, 1.54) is 5.56 Å². The van der Waals surface area contributed by atoms with Gasteiger partial charge in [-0.3, -0.25) is 4.98 Å². The number of methoxy groups -OCH3 is 1. The Morgan fingerprint density at radius 3 is 2.69 bits per heavy atom. The van der Waals surface area contributed by atoms with Crippen LogP contribution in [-0.4, -0.2) is 54.3 Å². The highest BCUT2D eigenvalue weighted by Gasteiger charge is 2.34. The van der Waals surface area contributed by atoms with Crippen molar-refractivity contribution in [2.75, 3.05) is 37.5 Å². The molecule has 0 amide bonds. The summed E-state index contributed by atoms with van der Waals surface area (Å²) in [6.45, 7) is 7.90. The number of nitrogens with zero attached hydrogens (tertiary/aromatic N) is 4. The number of nitrogens with one attached hydrogen (secondary N) is 2. The predicted octanol–water partition coefficient (Wildman–Crippen LogP) is 2.08. The lowest BCUT2D eigenvalue weighted by Gasteiger charge is -2.24. The minimum absolute atomic E-state index is 0.101. The third-order valence-electron chi connectivity index (χ3n) is 4.95. The molecule has 3 rings (SSSR count). The van der Waals surface area contributed by atoms with E-state index in [2.05, 4.69) is 56.5 Å². The molecular formula is C19H28N6O. The van der Waals surface area contributed by atoms with Gasteiger partial charge in [-0.15, -0.1) is 0 Å². The molecule has 2 N–H and O–H groups in total. The molecule has 0 aliphatic carbocycles.